The van der Waals surface area contributed by atoms with Gasteiger partial charge < -0.3 is 30.1 Å². The van der Waals surface area contributed by atoms with E-state index in [4.69, 9.17) is 21.3 Å². The maximum Gasteiger partial charge on any atom is 0.325 e. The van der Waals surface area contributed by atoms with Crippen LogP contribution in [0.15, 0.2) is 0 Å². The minimum Gasteiger partial charge on any atom is -0.461 e. The van der Waals surface area contributed by atoms with Crippen LogP contribution in [-0.2, 0) is 19.1 Å². The molecule has 268 valence electrons. The highest BCUT2D eigenvalue weighted by Gasteiger charge is 2.86. The number of carbonyl (C=O) groups is 2. The molecule has 6 fully saturated rings. The first-order valence-corrected chi connectivity index (χ1v) is 17.9. The maximum atomic E-state index is 15.8. The number of halogens is 3. The predicted molar refractivity (Wildman–Crippen MR) is 170 cm³/mol. The van der Waals surface area contributed by atoms with Crippen LogP contribution in [0.3, 0.4) is 0 Å². The Morgan fingerprint density at radius 3 is 2.28 bits per heavy atom. The summed E-state index contributed by atoms with van der Waals surface area (Å²) in [5.74, 6) is -5.07. The first-order chi connectivity index (χ1) is 21.6. The lowest BCUT2D eigenvalue weighted by molar-refractivity contribution is -0.251. The summed E-state index contributed by atoms with van der Waals surface area (Å²) in [6.45, 7) is 12.3. The van der Waals surface area contributed by atoms with Gasteiger partial charge in [-0.3, -0.25) is 9.59 Å². The molecule has 1 unspecified atom stereocenters. The summed E-state index contributed by atoms with van der Waals surface area (Å²) in [6, 6.07) is -1.11. The van der Waals surface area contributed by atoms with Crippen LogP contribution in [-0.4, -0.2) is 81.8 Å². The van der Waals surface area contributed by atoms with Crippen molar-refractivity contribution in [2.75, 3.05) is 13.2 Å². The monoisotopic (exact) mass is 688 g/mol. The number of hydrogen-bond acceptors (Lipinski definition) is 8. The molecule has 5 saturated carbocycles. The molecule has 0 radical (unpaired) electrons. The number of fused-ring (bicyclic) bond motifs is 2. The Morgan fingerprint density at radius 2 is 1.68 bits per heavy atom. The lowest BCUT2D eigenvalue weighted by Crippen LogP contribution is -2.64. The molecule has 5 aliphatic carbocycles. The zero-order chi connectivity index (χ0) is 34.8. The third-order valence-corrected chi connectivity index (χ3v) is 15.4. The van der Waals surface area contributed by atoms with Crippen LogP contribution in [0.1, 0.15) is 106 Å². The molecule has 0 bridgehead atoms. The fraction of sp³-hybridized carbons (Fsp3) is 0.943. The smallest absolute Gasteiger partial charge is 0.325 e. The predicted octanol–water partition coefficient (Wildman–Crippen LogP) is 4.48. The maximum absolute atomic E-state index is 15.8. The number of nitrogens with one attached hydrogen (secondary N) is 2. The van der Waals surface area contributed by atoms with Crippen LogP contribution < -0.4 is 10.2 Å². The lowest BCUT2D eigenvalue weighted by Gasteiger charge is -2.65. The zero-order valence-corrected chi connectivity index (χ0v) is 29.7. The van der Waals surface area contributed by atoms with Gasteiger partial charge in [0.05, 0.1) is 30.0 Å². The summed E-state index contributed by atoms with van der Waals surface area (Å²) in [4.78, 5) is 27.8. The summed E-state index contributed by atoms with van der Waals surface area (Å²) in [5, 5.41) is 34.5. The number of aliphatic hydroxyl groups is 3. The van der Waals surface area contributed by atoms with Crippen molar-refractivity contribution < 1.29 is 43.2 Å². The van der Waals surface area contributed by atoms with Gasteiger partial charge in [0.25, 0.3) is 5.92 Å². The number of rotatable bonds is 8. The molecule has 1 heterocycles. The van der Waals surface area contributed by atoms with E-state index in [1.54, 1.807) is 27.7 Å². The lowest BCUT2D eigenvalue weighted by atomic mass is 9.41. The molecule has 5 N–H and O–H groups in total. The Labute approximate surface area is 282 Å². The molecule has 0 aromatic rings. The number of esters is 1. The summed E-state index contributed by atoms with van der Waals surface area (Å²) in [7, 11) is 0. The SMILES string of the molecule is CC(C)(O)[C@@H]1CC[C@@](C)([C@H]2[C@@H](O)C[C@@]3(C)[C@@H]4C[C@H](OC(=O)CNC(=O)C(CO)NCl)[C@H]5C(C)(C)C(F)(F)CC[C@@]56C[C@@]46CC[C@]23C)O1. The second-order valence-corrected chi connectivity index (χ2v) is 18.2. The minimum absolute atomic E-state index is 0.0221. The van der Waals surface area contributed by atoms with E-state index in [2.05, 4.69) is 30.9 Å². The van der Waals surface area contributed by atoms with Crippen molar-refractivity contribution >= 4 is 23.7 Å². The van der Waals surface area contributed by atoms with Crippen molar-refractivity contribution in [2.45, 2.75) is 148 Å². The van der Waals surface area contributed by atoms with E-state index >= 15 is 8.78 Å². The third kappa shape index (κ3) is 4.82. The van der Waals surface area contributed by atoms with E-state index in [1.807, 2.05) is 0 Å². The average molecular weight is 689 g/mol. The van der Waals surface area contributed by atoms with E-state index in [0.29, 0.717) is 25.7 Å². The van der Waals surface area contributed by atoms with Gasteiger partial charge >= 0.3 is 5.97 Å². The largest absolute Gasteiger partial charge is 0.461 e. The second kappa shape index (κ2) is 10.9. The number of aliphatic hydroxyl groups excluding tert-OH is 2. The molecular formula is C35H55ClF2N2O7. The molecule has 0 aromatic heterocycles. The van der Waals surface area contributed by atoms with Crippen LogP contribution in [0, 0.1) is 44.8 Å². The molecule has 12 atom stereocenters. The second-order valence-electron chi connectivity index (χ2n) is 18.0. The number of ether oxygens (including phenoxy) is 2. The Balaban J connectivity index is 1.33. The van der Waals surface area contributed by atoms with Crippen LogP contribution in [0.5, 0.6) is 0 Å². The molecule has 6 aliphatic rings. The number of amides is 1. The number of hydrogen-bond donors (Lipinski definition) is 5. The van der Waals surface area contributed by atoms with Gasteiger partial charge in [-0.05, 0) is 111 Å². The van der Waals surface area contributed by atoms with Gasteiger partial charge in [-0.15, -0.1) is 0 Å². The molecule has 1 aliphatic heterocycles. The number of alkyl halides is 2. The van der Waals surface area contributed by atoms with Gasteiger partial charge in [0.2, 0.25) is 5.91 Å². The van der Waals surface area contributed by atoms with Gasteiger partial charge in [-0.25, -0.2) is 13.6 Å². The van der Waals surface area contributed by atoms with E-state index in [-0.39, 0.29) is 40.6 Å². The molecule has 12 heteroatoms. The first-order valence-electron chi connectivity index (χ1n) is 17.5. The average Bonchev–Trinajstić information content (AvgIpc) is 3.34. The summed E-state index contributed by atoms with van der Waals surface area (Å²) in [5.41, 5.74) is -4.38. The zero-order valence-electron chi connectivity index (χ0n) is 28.9. The van der Waals surface area contributed by atoms with Gasteiger partial charge in [-0.1, -0.05) is 27.7 Å². The Kier molecular flexibility index (Phi) is 8.31. The van der Waals surface area contributed by atoms with Gasteiger partial charge in [-0.2, -0.15) is 0 Å². The summed E-state index contributed by atoms with van der Waals surface area (Å²) >= 11 is 5.52. The van der Waals surface area contributed by atoms with Crippen molar-refractivity contribution in [1.82, 2.24) is 10.2 Å². The first kappa shape index (κ1) is 35.7. The summed E-state index contributed by atoms with van der Waals surface area (Å²) < 4.78 is 44.4. The van der Waals surface area contributed by atoms with Gasteiger partial charge in [0, 0.05) is 23.7 Å². The molecule has 6 rings (SSSR count). The van der Waals surface area contributed by atoms with E-state index in [1.165, 1.54) is 0 Å². The molecule has 2 spiro atoms. The van der Waals surface area contributed by atoms with Crippen LogP contribution in [0.2, 0.25) is 0 Å². The Morgan fingerprint density at radius 1 is 1.02 bits per heavy atom. The highest BCUT2D eigenvalue weighted by Crippen LogP contribution is 2.90. The van der Waals surface area contributed by atoms with Gasteiger partial charge in [0.1, 0.15) is 18.7 Å². The van der Waals surface area contributed by atoms with E-state index < -0.39 is 77.2 Å². The fourth-order valence-electron chi connectivity index (χ4n) is 12.8. The Hall–Kier alpha value is -1.11. The molecule has 0 aromatic carbocycles. The number of carbonyl (C=O) groups excluding carboxylic acids is 2. The van der Waals surface area contributed by atoms with Crippen molar-refractivity contribution in [1.29, 1.82) is 0 Å². The van der Waals surface area contributed by atoms with Crippen molar-refractivity contribution in [3.8, 4) is 0 Å². The minimum atomic E-state index is -2.94. The molecule has 1 saturated heterocycles. The summed E-state index contributed by atoms with van der Waals surface area (Å²) in [6.07, 6.45) is 3.26. The molecular weight excluding hydrogens is 634 g/mol. The fourth-order valence-corrected chi connectivity index (χ4v) is 13.0. The van der Waals surface area contributed by atoms with Gasteiger partial charge in [0.15, 0.2) is 0 Å². The van der Waals surface area contributed by atoms with Crippen molar-refractivity contribution in [3.63, 3.8) is 0 Å². The highest BCUT2D eigenvalue weighted by atomic mass is 35.5. The van der Waals surface area contributed by atoms with E-state index in [9.17, 15) is 24.9 Å². The Bertz CT molecular complexity index is 1290. The van der Waals surface area contributed by atoms with E-state index in [0.717, 1.165) is 25.7 Å². The molecule has 1 amide bonds. The quantitative estimate of drug-likeness (QED) is 0.186. The van der Waals surface area contributed by atoms with Crippen LogP contribution in [0.4, 0.5) is 8.78 Å². The third-order valence-electron chi connectivity index (χ3n) is 15.2. The standard InChI is InChI=1S/C35H55ClF2N2O7/c1-28(2)26-21(46-24(43)16-39-27(44)19(17-41)40-36)14-22-31(6)15-20(42)25(32(7)9-8-23(47-32)29(3,4)45)30(31,5)10-11-33(22)18-34(26,33)12-13-35(28,37)38/h19-23,25-26,40-42,45H,8-18H2,1-7H3,(H,39,44)/t19?,20-,21-,22-,23-,25-,26-,30+,31-,32-,33-,34+/m0/s1. The van der Waals surface area contributed by atoms with Crippen LogP contribution >= 0.6 is 11.8 Å². The molecule has 47 heavy (non-hydrogen) atoms. The topological polar surface area (TPSA) is 137 Å². The molecule has 9 nitrogen and oxygen atoms in total. The van der Waals surface area contributed by atoms with Crippen molar-refractivity contribution in [2.24, 2.45) is 44.8 Å². The van der Waals surface area contributed by atoms with Crippen molar-refractivity contribution in [3.05, 3.63) is 0 Å². The van der Waals surface area contributed by atoms with Crippen LogP contribution in [0.25, 0.3) is 0 Å². The highest BCUT2D eigenvalue weighted by molar-refractivity contribution is 6.15. The normalized spacial score (nSPS) is 48.4.